The van der Waals surface area contributed by atoms with Crippen LogP contribution in [0.15, 0.2) is 72.7 Å². The summed E-state index contributed by atoms with van der Waals surface area (Å²) in [6.45, 7) is 0.549. The minimum absolute atomic E-state index is 0.0613. The van der Waals surface area contributed by atoms with Crippen molar-refractivity contribution in [2.75, 3.05) is 13.7 Å². The molecule has 4 heterocycles. The summed E-state index contributed by atoms with van der Waals surface area (Å²) in [5, 5.41) is 16.7. The van der Waals surface area contributed by atoms with Crippen LogP contribution in [0.2, 0.25) is 5.02 Å². The van der Waals surface area contributed by atoms with Gasteiger partial charge in [-0.2, -0.15) is 0 Å². The summed E-state index contributed by atoms with van der Waals surface area (Å²) in [5.41, 5.74) is 2.95. The third-order valence-electron chi connectivity index (χ3n) is 8.54. The number of rotatable bonds is 9. The highest BCUT2D eigenvalue weighted by Gasteiger charge is 2.42. The van der Waals surface area contributed by atoms with Gasteiger partial charge in [0.1, 0.15) is 24.5 Å². The molecule has 6 rings (SSSR count). The number of ether oxygens (including phenoxy) is 3. The molecule has 4 atom stereocenters. The Morgan fingerprint density at radius 1 is 1.23 bits per heavy atom. The normalized spacial score (nSPS) is 26.0. The molecule has 0 saturated carbocycles. The average Bonchev–Trinajstić information content (AvgIpc) is 3.19. The highest BCUT2D eigenvalue weighted by atomic mass is 35.5. The average molecular weight is 550 g/mol. The molecule has 4 unspecified atom stereocenters. The number of nitrogens with zero attached hydrogens (tertiary/aromatic N) is 2. The molecular formula is C31H36ClN3O4. The zero-order valence-corrected chi connectivity index (χ0v) is 23.0. The number of piperidine rings is 1. The van der Waals surface area contributed by atoms with Crippen molar-refractivity contribution in [3.63, 3.8) is 0 Å². The summed E-state index contributed by atoms with van der Waals surface area (Å²) in [5.74, 6) is 1.55. The topological polar surface area (TPSA) is 76.1 Å². The number of pyridine rings is 1. The van der Waals surface area contributed by atoms with Gasteiger partial charge in [-0.1, -0.05) is 35.4 Å². The van der Waals surface area contributed by atoms with Crippen molar-refractivity contribution in [2.24, 2.45) is 0 Å². The number of aliphatic hydroxyl groups is 1. The van der Waals surface area contributed by atoms with E-state index < -0.39 is 6.10 Å². The number of allylic oxidation sites excluding steroid dienone is 3. The molecule has 4 aliphatic rings. The maximum atomic E-state index is 11.5. The molecule has 2 N–H and O–H groups in total. The van der Waals surface area contributed by atoms with Gasteiger partial charge in [0, 0.05) is 41.8 Å². The van der Waals surface area contributed by atoms with Crippen LogP contribution in [-0.4, -0.2) is 52.8 Å². The molecule has 3 aliphatic heterocycles. The standard InChI is InChI=1S/C31H36ClN3O4/c1-37-24-9-10-27-25(16-24)31(26(32)17-33-27)29(36)18-35-22-7-8-23(35)15-21(14-22)34-28(30-19-38-11-12-39-30)13-20-5-3-2-4-6-20/h2-3,5,9-12,16-17,19,21-23,28-29,34,36H,4,6-8,13-15,18H2,1H3. The van der Waals surface area contributed by atoms with Crippen LogP contribution in [0.3, 0.4) is 0 Å². The lowest BCUT2D eigenvalue weighted by molar-refractivity contribution is 0.0502. The summed E-state index contributed by atoms with van der Waals surface area (Å²) in [6.07, 6.45) is 19.8. The largest absolute Gasteiger partial charge is 0.497 e. The Bertz CT molecular complexity index is 1310. The van der Waals surface area contributed by atoms with E-state index in [1.807, 2.05) is 18.2 Å². The monoisotopic (exact) mass is 549 g/mol. The summed E-state index contributed by atoms with van der Waals surface area (Å²) < 4.78 is 16.7. The van der Waals surface area contributed by atoms with Gasteiger partial charge >= 0.3 is 0 Å². The summed E-state index contributed by atoms with van der Waals surface area (Å²) in [4.78, 5) is 6.95. The molecule has 1 aromatic carbocycles. The third-order valence-corrected chi connectivity index (χ3v) is 8.84. The van der Waals surface area contributed by atoms with Gasteiger partial charge in [-0.15, -0.1) is 0 Å². The van der Waals surface area contributed by atoms with Gasteiger partial charge in [-0.25, -0.2) is 0 Å². The number of aromatic nitrogens is 1. The minimum Gasteiger partial charge on any atom is -0.497 e. The Morgan fingerprint density at radius 2 is 2.08 bits per heavy atom. The molecule has 0 radical (unpaired) electrons. The fourth-order valence-corrected chi connectivity index (χ4v) is 6.96. The van der Waals surface area contributed by atoms with Gasteiger partial charge in [0.05, 0.1) is 29.8 Å². The van der Waals surface area contributed by atoms with Gasteiger partial charge in [0.2, 0.25) is 0 Å². The van der Waals surface area contributed by atoms with Crippen LogP contribution in [0.4, 0.5) is 0 Å². The van der Waals surface area contributed by atoms with Crippen molar-refractivity contribution in [1.29, 1.82) is 0 Å². The Balaban J connectivity index is 1.15. The van der Waals surface area contributed by atoms with Crippen molar-refractivity contribution in [3.8, 4) is 5.75 Å². The molecule has 2 fully saturated rings. The molecule has 1 aromatic heterocycles. The van der Waals surface area contributed by atoms with Gasteiger partial charge in [-0.05, 0) is 63.1 Å². The molecule has 0 spiro atoms. The third kappa shape index (κ3) is 5.73. The van der Waals surface area contributed by atoms with Gasteiger partial charge < -0.3 is 24.6 Å². The molecule has 2 aromatic rings. The van der Waals surface area contributed by atoms with E-state index in [9.17, 15) is 5.11 Å². The van der Waals surface area contributed by atoms with Crippen LogP contribution >= 0.6 is 11.6 Å². The Hall–Kier alpha value is -2.84. The lowest BCUT2D eigenvalue weighted by Gasteiger charge is -2.41. The number of benzene rings is 1. The number of fused-ring (bicyclic) bond motifs is 3. The van der Waals surface area contributed by atoms with Crippen molar-refractivity contribution >= 4 is 22.5 Å². The zero-order valence-electron chi connectivity index (χ0n) is 22.3. The minimum atomic E-state index is -0.716. The van der Waals surface area contributed by atoms with Crippen molar-refractivity contribution in [1.82, 2.24) is 15.2 Å². The molecule has 1 aliphatic carbocycles. The van der Waals surface area contributed by atoms with Crippen LogP contribution in [0, 0.1) is 0 Å². The quantitative estimate of drug-likeness (QED) is 0.403. The SMILES string of the molecule is COc1ccc2ncc(Cl)c(C(O)CN3C4CCC3CC(NC(CC3=CC=CCC3)C3=COC=CO3)C4)c2c1. The lowest BCUT2D eigenvalue weighted by atomic mass is 9.92. The second-order valence-electron chi connectivity index (χ2n) is 10.9. The number of methoxy groups -OCH3 is 1. The maximum absolute atomic E-state index is 11.5. The smallest absolute Gasteiger partial charge is 0.155 e. The Kier molecular flexibility index (Phi) is 7.93. The number of hydrogen-bond acceptors (Lipinski definition) is 7. The van der Waals surface area contributed by atoms with E-state index in [0.717, 1.165) is 72.9 Å². The van der Waals surface area contributed by atoms with Gasteiger partial charge in [-0.3, -0.25) is 9.88 Å². The molecular weight excluding hydrogens is 514 g/mol. The van der Waals surface area contributed by atoms with E-state index in [-0.39, 0.29) is 6.04 Å². The fraction of sp³-hybridized carbons (Fsp3) is 0.452. The zero-order chi connectivity index (χ0) is 26.8. The summed E-state index contributed by atoms with van der Waals surface area (Å²) in [6, 6.07) is 6.94. The van der Waals surface area contributed by atoms with E-state index in [2.05, 4.69) is 33.4 Å². The predicted molar refractivity (Wildman–Crippen MR) is 152 cm³/mol. The molecule has 2 bridgehead atoms. The number of halogens is 1. The molecule has 0 amide bonds. The van der Waals surface area contributed by atoms with E-state index in [4.69, 9.17) is 25.8 Å². The highest BCUT2D eigenvalue weighted by Crippen LogP contribution is 2.40. The van der Waals surface area contributed by atoms with Gasteiger partial charge in [0.15, 0.2) is 5.76 Å². The molecule has 7 nitrogen and oxygen atoms in total. The van der Waals surface area contributed by atoms with Crippen LogP contribution in [0.1, 0.15) is 56.6 Å². The van der Waals surface area contributed by atoms with Crippen LogP contribution < -0.4 is 10.1 Å². The first-order valence-corrected chi connectivity index (χ1v) is 14.3. The van der Waals surface area contributed by atoms with E-state index in [1.165, 1.54) is 5.57 Å². The van der Waals surface area contributed by atoms with Gasteiger partial charge in [0.25, 0.3) is 0 Å². The Morgan fingerprint density at radius 3 is 2.79 bits per heavy atom. The van der Waals surface area contributed by atoms with Crippen LogP contribution in [0.5, 0.6) is 5.75 Å². The molecule has 206 valence electrons. The molecule has 2 saturated heterocycles. The number of hydrogen-bond donors (Lipinski definition) is 2. The van der Waals surface area contributed by atoms with Crippen molar-refractivity contribution in [3.05, 3.63) is 83.3 Å². The maximum Gasteiger partial charge on any atom is 0.155 e. The first-order valence-electron chi connectivity index (χ1n) is 13.9. The second-order valence-corrected chi connectivity index (χ2v) is 11.3. The van der Waals surface area contributed by atoms with E-state index in [0.29, 0.717) is 29.7 Å². The first kappa shape index (κ1) is 26.4. The molecule has 8 heteroatoms. The second kappa shape index (κ2) is 11.7. The van der Waals surface area contributed by atoms with E-state index >= 15 is 0 Å². The number of aliphatic hydroxyl groups excluding tert-OH is 1. The summed E-state index contributed by atoms with van der Waals surface area (Å²) in [7, 11) is 1.64. The predicted octanol–water partition coefficient (Wildman–Crippen LogP) is 5.91. The first-order chi connectivity index (χ1) is 19.1. The molecule has 39 heavy (non-hydrogen) atoms. The highest BCUT2D eigenvalue weighted by molar-refractivity contribution is 6.32. The van der Waals surface area contributed by atoms with E-state index in [1.54, 1.807) is 32.1 Å². The number of nitrogens with one attached hydrogen (secondary N) is 1. The lowest BCUT2D eigenvalue weighted by Crippen LogP contribution is -2.52. The van der Waals surface area contributed by atoms with Crippen molar-refractivity contribution < 1.29 is 19.3 Å². The van der Waals surface area contributed by atoms with Crippen LogP contribution in [0.25, 0.3) is 10.9 Å². The van der Waals surface area contributed by atoms with Crippen molar-refractivity contribution in [2.45, 2.75) is 75.2 Å². The summed E-state index contributed by atoms with van der Waals surface area (Å²) >= 11 is 6.60. The fourth-order valence-electron chi connectivity index (χ4n) is 6.68. The Labute approximate surface area is 234 Å². The van der Waals surface area contributed by atoms with Crippen LogP contribution in [-0.2, 0) is 9.47 Å².